The van der Waals surface area contributed by atoms with Gasteiger partial charge in [0.1, 0.15) is 0 Å². The van der Waals surface area contributed by atoms with Crippen LogP contribution in [-0.2, 0) is 9.53 Å². The van der Waals surface area contributed by atoms with Crippen LogP contribution < -0.4 is 0 Å². The van der Waals surface area contributed by atoms with Gasteiger partial charge in [0.05, 0.1) is 11.6 Å². The minimum Gasteiger partial charge on any atom is -0.465 e. The topological polar surface area (TPSA) is 26.3 Å². The first-order valence-corrected chi connectivity index (χ1v) is 5.52. The highest BCUT2D eigenvalue weighted by molar-refractivity contribution is 6.39. The molecule has 0 radical (unpaired) electrons. The Kier molecular flexibility index (Phi) is 5.13. The quantitative estimate of drug-likeness (QED) is 0.286. The van der Waals surface area contributed by atoms with Crippen molar-refractivity contribution >= 4 is 15.8 Å². The highest BCUT2D eigenvalue weighted by atomic mass is 28.3. The highest BCUT2D eigenvalue weighted by Crippen LogP contribution is 2.24. The number of esters is 1. The van der Waals surface area contributed by atoms with Crippen LogP contribution in [0.5, 0.6) is 0 Å². The molecule has 0 bridgehead atoms. The Morgan fingerprint density at radius 2 is 2.17 bits per heavy atom. The van der Waals surface area contributed by atoms with Crippen LogP contribution in [0.3, 0.4) is 0 Å². The SMILES string of the molecule is CCCCOC(=O)C(C)(C)[SiH2]F. The number of ether oxygens (including phenoxy) is 1. The van der Waals surface area contributed by atoms with E-state index < -0.39 is 14.9 Å². The Hall–Kier alpha value is -0.383. The smallest absolute Gasteiger partial charge is 0.310 e. The summed E-state index contributed by atoms with van der Waals surface area (Å²) in [5.41, 5.74) is 0. The van der Waals surface area contributed by atoms with Crippen LogP contribution in [0, 0.1) is 0 Å². The van der Waals surface area contributed by atoms with Gasteiger partial charge in [-0.3, -0.25) is 4.79 Å². The number of carbonyl (C=O) groups excluding carboxylic acids is 1. The van der Waals surface area contributed by atoms with E-state index in [9.17, 15) is 8.90 Å². The molecule has 0 saturated heterocycles. The third-order valence-corrected chi connectivity index (χ3v) is 2.57. The van der Waals surface area contributed by atoms with Crippen molar-refractivity contribution in [2.75, 3.05) is 6.61 Å². The van der Waals surface area contributed by atoms with Crippen LogP contribution in [-0.4, -0.2) is 22.4 Å². The molecule has 12 heavy (non-hydrogen) atoms. The van der Waals surface area contributed by atoms with Gasteiger partial charge < -0.3 is 8.84 Å². The first-order chi connectivity index (χ1) is 5.54. The maximum absolute atomic E-state index is 12.4. The van der Waals surface area contributed by atoms with Gasteiger partial charge in [0.25, 0.3) is 0 Å². The summed E-state index contributed by atoms with van der Waals surface area (Å²) in [7, 11) is -1.81. The lowest BCUT2D eigenvalue weighted by Gasteiger charge is -2.17. The molecule has 0 rings (SSSR count). The van der Waals surface area contributed by atoms with Gasteiger partial charge in [-0.2, -0.15) is 0 Å². The molecule has 0 aliphatic heterocycles. The summed E-state index contributed by atoms with van der Waals surface area (Å²) < 4.78 is 17.3. The molecule has 0 unspecified atom stereocenters. The monoisotopic (exact) mass is 192 g/mol. The summed E-state index contributed by atoms with van der Waals surface area (Å²) in [5, 5.41) is -0.840. The van der Waals surface area contributed by atoms with Gasteiger partial charge in [0.15, 0.2) is 0 Å². The summed E-state index contributed by atoms with van der Waals surface area (Å²) in [4.78, 5) is 11.1. The van der Waals surface area contributed by atoms with Crippen molar-refractivity contribution in [3.8, 4) is 0 Å². The van der Waals surface area contributed by atoms with Gasteiger partial charge in [-0.05, 0) is 20.3 Å². The second-order valence-corrected chi connectivity index (χ2v) is 5.54. The third-order valence-electron chi connectivity index (χ3n) is 1.62. The standard InChI is InChI=1S/C8H17FO2Si/c1-4-5-6-11-7(10)8(2,3)12-9/h4-6,12H2,1-3H3. The van der Waals surface area contributed by atoms with E-state index in [-0.39, 0.29) is 5.97 Å². The Morgan fingerprint density at radius 1 is 1.58 bits per heavy atom. The lowest BCUT2D eigenvalue weighted by molar-refractivity contribution is -0.146. The van der Waals surface area contributed by atoms with E-state index in [2.05, 4.69) is 0 Å². The predicted molar refractivity (Wildman–Crippen MR) is 49.6 cm³/mol. The van der Waals surface area contributed by atoms with Crippen molar-refractivity contribution in [1.82, 2.24) is 0 Å². The van der Waals surface area contributed by atoms with Gasteiger partial charge in [0, 0.05) is 0 Å². The van der Waals surface area contributed by atoms with Crippen molar-refractivity contribution in [3.05, 3.63) is 0 Å². The molecule has 0 aromatic rings. The van der Waals surface area contributed by atoms with Crippen LogP contribution in [0.2, 0.25) is 5.04 Å². The fourth-order valence-electron chi connectivity index (χ4n) is 0.559. The second-order valence-electron chi connectivity index (χ2n) is 3.51. The Balaban J connectivity index is 3.72. The van der Waals surface area contributed by atoms with Crippen molar-refractivity contribution < 1.29 is 13.6 Å². The first kappa shape index (κ1) is 11.6. The molecule has 0 spiro atoms. The molecule has 0 saturated carbocycles. The molecule has 0 N–H and O–H groups in total. The normalized spacial score (nSPS) is 12.3. The molecule has 0 aliphatic carbocycles. The second kappa shape index (κ2) is 5.30. The lowest BCUT2D eigenvalue weighted by atomic mass is 10.2. The minimum absolute atomic E-state index is 0.384. The van der Waals surface area contributed by atoms with Gasteiger partial charge in [-0.15, -0.1) is 0 Å². The molecule has 0 atom stereocenters. The average molecular weight is 192 g/mol. The largest absolute Gasteiger partial charge is 0.465 e. The fourth-order valence-corrected chi connectivity index (χ4v) is 0.770. The van der Waals surface area contributed by atoms with E-state index >= 15 is 0 Å². The number of carbonyl (C=O) groups is 1. The zero-order chi connectivity index (χ0) is 9.61. The summed E-state index contributed by atoms with van der Waals surface area (Å²) >= 11 is 0. The van der Waals surface area contributed by atoms with Gasteiger partial charge >= 0.3 is 5.97 Å². The molecule has 4 heteroatoms. The maximum Gasteiger partial charge on any atom is 0.310 e. The van der Waals surface area contributed by atoms with E-state index in [0.29, 0.717) is 6.61 Å². The summed E-state index contributed by atoms with van der Waals surface area (Å²) in [6, 6.07) is 0. The number of unbranched alkanes of at least 4 members (excludes halogenated alkanes) is 1. The molecule has 2 nitrogen and oxygen atoms in total. The molecule has 0 amide bonds. The molecule has 0 heterocycles. The van der Waals surface area contributed by atoms with Crippen LogP contribution in [0.15, 0.2) is 0 Å². The lowest BCUT2D eigenvalue weighted by Crippen LogP contribution is -2.24. The maximum atomic E-state index is 12.4. The molecule has 0 aliphatic rings. The van der Waals surface area contributed by atoms with Crippen LogP contribution in [0.4, 0.5) is 4.11 Å². The summed E-state index contributed by atoms with van der Waals surface area (Å²) in [5.74, 6) is -0.384. The van der Waals surface area contributed by atoms with E-state index in [4.69, 9.17) is 4.74 Å². The number of rotatable bonds is 5. The highest BCUT2D eigenvalue weighted by Gasteiger charge is 2.30. The van der Waals surface area contributed by atoms with Crippen LogP contribution in [0.1, 0.15) is 33.6 Å². The molecule has 0 aromatic carbocycles. The molecular formula is C8H17FO2Si. The number of hydrogen-bond acceptors (Lipinski definition) is 2. The van der Waals surface area contributed by atoms with E-state index in [1.54, 1.807) is 13.8 Å². The van der Waals surface area contributed by atoms with Gasteiger partial charge in [0.2, 0.25) is 9.85 Å². The Morgan fingerprint density at radius 3 is 2.58 bits per heavy atom. The summed E-state index contributed by atoms with van der Waals surface area (Å²) in [6.45, 7) is 5.65. The van der Waals surface area contributed by atoms with Crippen molar-refractivity contribution in [3.63, 3.8) is 0 Å². The average Bonchev–Trinajstić information content (AvgIpc) is 2.05. The van der Waals surface area contributed by atoms with Crippen molar-refractivity contribution in [2.24, 2.45) is 0 Å². The molecule has 0 aromatic heterocycles. The summed E-state index contributed by atoms with van der Waals surface area (Å²) in [6.07, 6.45) is 1.84. The zero-order valence-electron chi connectivity index (χ0n) is 8.02. The predicted octanol–water partition coefficient (Wildman–Crippen LogP) is 1.58. The molecule has 0 fully saturated rings. The van der Waals surface area contributed by atoms with E-state index in [1.807, 2.05) is 6.92 Å². The van der Waals surface area contributed by atoms with Crippen molar-refractivity contribution in [2.45, 2.75) is 38.7 Å². The van der Waals surface area contributed by atoms with Crippen LogP contribution >= 0.6 is 0 Å². The Labute approximate surface area is 75.5 Å². The zero-order valence-corrected chi connectivity index (χ0v) is 9.44. The van der Waals surface area contributed by atoms with E-state index in [1.165, 1.54) is 0 Å². The third kappa shape index (κ3) is 3.85. The minimum atomic E-state index is -1.81. The Bertz CT molecular complexity index is 148. The van der Waals surface area contributed by atoms with E-state index in [0.717, 1.165) is 12.8 Å². The molecular weight excluding hydrogens is 175 g/mol. The molecule has 72 valence electrons. The van der Waals surface area contributed by atoms with Gasteiger partial charge in [-0.25, -0.2) is 0 Å². The first-order valence-electron chi connectivity index (χ1n) is 4.27. The fraction of sp³-hybridized carbons (Fsp3) is 0.875. The number of hydrogen-bond donors (Lipinski definition) is 0. The van der Waals surface area contributed by atoms with Crippen LogP contribution in [0.25, 0.3) is 0 Å². The number of halogens is 1. The van der Waals surface area contributed by atoms with Gasteiger partial charge in [-0.1, -0.05) is 13.3 Å². The van der Waals surface area contributed by atoms with Crippen molar-refractivity contribution in [1.29, 1.82) is 0 Å².